The average molecular weight is 348 g/mol. The number of halogens is 3. The molecule has 0 bridgehead atoms. The summed E-state index contributed by atoms with van der Waals surface area (Å²) < 4.78 is 26.0. The van der Waals surface area contributed by atoms with E-state index < -0.39 is 5.82 Å². The van der Waals surface area contributed by atoms with Gasteiger partial charge in [-0.3, -0.25) is 0 Å². The standard InChI is InChI=1S/C16H12ClF2N5/c17-13-7-12(5-6-14(13)19)22-16-23-15(9-21-24-16)20-8-10-1-3-11(18)4-2-10/h1-7,9H,8H2,(H2,20,22,23,24). The highest BCUT2D eigenvalue weighted by Gasteiger charge is 2.04. The first-order valence-electron chi connectivity index (χ1n) is 7.00. The zero-order valence-electron chi connectivity index (χ0n) is 12.3. The van der Waals surface area contributed by atoms with Gasteiger partial charge < -0.3 is 10.6 Å². The average Bonchev–Trinajstić information content (AvgIpc) is 2.58. The van der Waals surface area contributed by atoms with Gasteiger partial charge >= 0.3 is 0 Å². The number of hydrogen-bond donors (Lipinski definition) is 2. The van der Waals surface area contributed by atoms with Gasteiger partial charge in [0.05, 0.1) is 11.2 Å². The minimum atomic E-state index is -0.504. The molecule has 0 atom stereocenters. The minimum absolute atomic E-state index is 0.00134. The molecule has 3 rings (SSSR count). The lowest BCUT2D eigenvalue weighted by atomic mass is 10.2. The molecule has 1 heterocycles. The summed E-state index contributed by atoms with van der Waals surface area (Å²) in [6, 6.07) is 10.3. The zero-order chi connectivity index (χ0) is 16.9. The largest absolute Gasteiger partial charge is 0.365 e. The molecular weight excluding hydrogens is 336 g/mol. The van der Waals surface area contributed by atoms with Crippen molar-refractivity contribution in [2.75, 3.05) is 10.6 Å². The normalized spacial score (nSPS) is 10.5. The van der Waals surface area contributed by atoms with Crippen molar-refractivity contribution in [2.24, 2.45) is 0 Å². The van der Waals surface area contributed by atoms with Crippen molar-refractivity contribution >= 4 is 29.1 Å². The molecule has 8 heteroatoms. The van der Waals surface area contributed by atoms with Crippen molar-refractivity contribution in [3.63, 3.8) is 0 Å². The summed E-state index contributed by atoms with van der Waals surface area (Å²) in [5.41, 5.74) is 1.44. The highest BCUT2D eigenvalue weighted by Crippen LogP contribution is 2.21. The van der Waals surface area contributed by atoms with Crippen molar-refractivity contribution in [2.45, 2.75) is 6.54 Å². The smallest absolute Gasteiger partial charge is 0.249 e. The lowest BCUT2D eigenvalue weighted by Gasteiger charge is -2.08. The van der Waals surface area contributed by atoms with Gasteiger partial charge in [-0.25, -0.2) is 8.78 Å². The number of aromatic nitrogens is 3. The summed E-state index contributed by atoms with van der Waals surface area (Å²) in [7, 11) is 0. The Morgan fingerprint density at radius 2 is 1.83 bits per heavy atom. The van der Waals surface area contributed by atoms with Crippen molar-refractivity contribution in [1.29, 1.82) is 0 Å². The minimum Gasteiger partial charge on any atom is -0.365 e. The van der Waals surface area contributed by atoms with E-state index in [9.17, 15) is 8.78 Å². The number of nitrogens with zero attached hydrogens (tertiary/aromatic N) is 3. The van der Waals surface area contributed by atoms with E-state index in [0.717, 1.165) is 5.56 Å². The lowest BCUT2D eigenvalue weighted by molar-refractivity contribution is 0.627. The van der Waals surface area contributed by atoms with E-state index in [-0.39, 0.29) is 16.8 Å². The first-order valence-corrected chi connectivity index (χ1v) is 7.38. The second-order valence-corrected chi connectivity index (χ2v) is 5.31. The molecule has 0 aliphatic rings. The van der Waals surface area contributed by atoms with Crippen molar-refractivity contribution in [3.05, 3.63) is 70.9 Å². The Morgan fingerprint density at radius 3 is 2.58 bits per heavy atom. The fraction of sp³-hybridized carbons (Fsp3) is 0.0625. The van der Waals surface area contributed by atoms with E-state index in [4.69, 9.17) is 11.6 Å². The third-order valence-electron chi connectivity index (χ3n) is 3.12. The Hall–Kier alpha value is -2.80. The maximum absolute atomic E-state index is 13.2. The van der Waals surface area contributed by atoms with Crippen LogP contribution in [-0.4, -0.2) is 15.2 Å². The molecule has 3 aromatic rings. The number of anilines is 3. The van der Waals surface area contributed by atoms with E-state index in [1.54, 1.807) is 12.1 Å². The summed E-state index contributed by atoms with van der Waals surface area (Å²) >= 11 is 5.73. The molecule has 0 saturated carbocycles. The monoisotopic (exact) mass is 347 g/mol. The van der Waals surface area contributed by atoms with Gasteiger partial charge in [0.1, 0.15) is 11.6 Å². The van der Waals surface area contributed by atoms with Crippen molar-refractivity contribution in [3.8, 4) is 0 Å². The predicted octanol–water partition coefficient (Wildman–Crippen LogP) is 4.16. The quantitative estimate of drug-likeness (QED) is 0.725. The van der Waals surface area contributed by atoms with Crippen LogP contribution in [0.5, 0.6) is 0 Å². The van der Waals surface area contributed by atoms with Gasteiger partial charge in [0.15, 0.2) is 5.82 Å². The maximum Gasteiger partial charge on any atom is 0.249 e. The van der Waals surface area contributed by atoms with E-state index in [1.165, 1.54) is 36.5 Å². The molecule has 24 heavy (non-hydrogen) atoms. The molecule has 0 unspecified atom stereocenters. The van der Waals surface area contributed by atoms with Gasteiger partial charge in [0.2, 0.25) is 5.95 Å². The number of benzene rings is 2. The fourth-order valence-electron chi connectivity index (χ4n) is 1.94. The SMILES string of the molecule is Fc1ccc(CNc2cnnc(Nc3ccc(F)c(Cl)c3)n2)cc1. The first kappa shape index (κ1) is 16.1. The van der Waals surface area contributed by atoms with E-state index >= 15 is 0 Å². The summed E-state index contributed by atoms with van der Waals surface area (Å²) in [5.74, 6) is -0.0605. The summed E-state index contributed by atoms with van der Waals surface area (Å²) in [4.78, 5) is 4.25. The molecule has 122 valence electrons. The Balaban J connectivity index is 1.67. The highest BCUT2D eigenvalue weighted by molar-refractivity contribution is 6.31. The van der Waals surface area contributed by atoms with Gasteiger partial charge in [0.25, 0.3) is 0 Å². The molecule has 5 nitrogen and oxygen atoms in total. The van der Waals surface area contributed by atoms with Gasteiger partial charge in [-0.05, 0) is 35.9 Å². The third kappa shape index (κ3) is 4.14. The maximum atomic E-state index is 13.2. The van der Waals surface area contributed by atoms with Crippen LogP contribution in [0.15, 0.2) is 48.7 Å². The fourth-order valence-corrected chi connectivity index (χ4v) is 2.12. The van der Waals surface area contributed by atoms with Crippen LogP contribution in [0.3, 0.4) is 0 Å². The number of hydrogen-bond acceptors (Lipinski definition) is 5. The van der Waals surface area contributed by atoms with E-state index in [0.29, 0.717) is 18.1 Å². The first-order chi connectivity index (χ1) is 11.6. The van der Waals surface area contributed by atoms with Crippen molar-refractivity contribution < 1.29 is 8.78 Å². The molecule has 2 N–H and O–H groups in total. The van der Waals surface area contributed by atoms with Gasteiger partial charge in [-0.15, -0.1) is 5.10 Å². The number of rotatable bonds is 5. The highest BCUT2D eigenvalue weighted by atomic mass is 35.5. The van der Waals surface area contributed by atoms with Crippen LogP contribution >= 0.6 is 11.6 Å². The van der Waals surface area contributed by atoms with E-state index in [1.807, 2.05) is 0 Å². The van der Waals surface area contributed by atoms with Gasteiger partial charge in [-0.1, -0.05) is 23.7 Å². The molecule has 2 aromatic carbocycles. The lowest BCUT2D eigenvalue weighted by Crippen LogP contribution is -2.05. The second-order valence-electron chi connectivity index (χ2n) is 4.90. The van der Waals surface area contributed by atoms with Crippen LogP contribution in [-0.2, 0) is 6.54 Å². The van der Waals surface area contributed by atoms with Crippen LogP contribution in [0.25, 0.3) is 0 Å². The molecule has 0 radical (unpaired) electrons. The van der Waals surface area contributed by atoms with Crippen LogP contribution in [0.2, 0.25) is 5.02 Å². The third-order valence-corrected chi connectivity index (χ3v) is 3.41. The molecule has 0 aliphatic heterocycles. The Labute approximate surface area is 141 Å². The number of nitrogens with one attached hydrogen (secondary N) is 2. The topological polar surface area (TPSA) is 62.7 Å². The summed E-state index contributed by atoms with van der Waals surface area (Å²) in [5, 5.41) is 13.7. The summed E-state index contributed by atoms with van der Waals surface area (Å²) in [6.07, 6.45) is 1.46. The molecule has 0 saturated heterocycles. The zero-order valence-corrected chi connectivity index (χ0v) is 13.1. The molecule has 0 fully saturated rings. The Morgan fingerprint density at radius 1 is 1.04 bits per heavy atom. The van der Waals surface area contributed by atoms with Gasteiger partial charge in [-0.2, -0.15) is 10.1 Å². The molecular formula is C16H12ClF2N5. The molecule has 1 aromatic heterocycles. The van der Waals surface area contributed by atoms with Crippen LogP contribution in [0.1, 0.15) is 5.56 Å². The van der Waals surface area contributed by atoms with Crippen LogP contribution in [0, 0.1) is 11.6 Å². The van der Waals surface area contributed by atoms with Crippen molar-refractivity contribution in [1.82, 2.24) is 15.2 Å². The molecule has 0 aliphatic carbocycles. The second kappa shape index (κ2) is 7.18. The Kier molecular flexibility index (Phi) is 4.81. The molecule has 0 spiro atoms. The molecule has 0 amide bonds. The van der Waals surface area contributed by atoms with Crippen LogP contribution < -0.4 is 10.6 Å². The predicted molar refractivity (Wildman–Crippen MR) is 88.2 cm³/mol. The van der Waals surface area contributed by atoms with Crippen LogP contribution in [0.4, 0.5) is 26.2 Å². The summed E-state index contributed by atoms with van der Waals surface area (Å²) in [6.45, 7) is 0.459. The van der Waals surface area contributed by atoms with E-state index in [2.05, 4.69) is 25.8 Å². The Bertz CT molecular complexity index is 842. The van der Waals surface area contributed by atoms with Gasteiger partial charge in [0, 0.05) is 12.2 Å².